The van der Waals surface area contributed by atoms with Crippen LogP contribution in [0.4, 0.5) is 6.01 Å². The zero-order chi connectivity index (χ0) is 27.6. The van der Waals surface area contributed by atoms with Gasteiger partial charge in [0.1, 0.15) is 11.5 Å². The normalized spacial score (nSPS) is 18.9. The molecule has 1 fully saturated rings. The van der Waals surface area contributed by atoms with Crippen LogP contribution in [0.5, 0.6) is 5.19 Å². The monoisotopic (exact) mass is 575 g/mol. The van der Waals surface area contributed by atoms with Gasteiger partial charge in [-0.05, 0) is 35.8 Å². The SMILES string of the molecule is COC(=O)CCS(=O)(=O)C1C=C(c2ccc3nc(OC4CCN(c5nc(C(C)C)no5)CC4)sc3c2)CCN1. The first-order chi connectivity index (χ1) is 18.7. The summed E-state index contributed by atoms with van der Waals surface area (Å²) in [4.78, 5) is 22.7. The molecular formula is C26H33N5O6S2. The van der Waals surface area contributed by atoms with Crippen molar-refractivity contribution in [2.45, 2.75) is 56.9 Å². The highest BCUT2D eigenvalue weighted by atomic mass is 32.2. The van der Waals surface area contributed by atoms with Gasteiger partial charge < -0.3 is 18.9 Å². The average Bonchev–Trinajstić information content (AvgIpc) is 3.59. The van der Waals surface area contributed by atoms with Gasteiger partial charge >= 0.3 is 12.0 Å². The van der Waals surface area contributed by atoms with Crippen molar-refractivity contribution in [3.8, 4) is 5.19 Å². The third-order valence-electron chi connectivity index (χ3n) is 6.96. The minimum absolute atomic E-state index is 0.0526. The number of methoxy groups -OCH3 is 1. The van der Waals surface area contributed by atoms with E-state index in [-0.39, 0.29) is 24.2 Å². The highest BCUT2D eigenvalue weighted by Crippen LogP contribution is 2.33. The molecule has 210 valence electrons. The second-order valence-corrected chi connectivity index (χ2v) is 13.3. The second kappa shape index (κ2) is 11.6. The molecule has 1 atom stereocenters. The van der Waals surface area contributed by atoms with E-state index in [0.717, 1.165) is 47.3 Å². The Bertz CT molecular complexity index is 1460. The fraction of sp³-hybridized carbons (Fsp3) is 0.538. The molecule has 1 saturated heterocycles. The molecule has 1 unspecified atom stereocenters. The van der Waals surface area contributed by atoms with Crippen molar-refractivity contribution in [3.05, 3.63) is 35.7 Å². The lowest BCUT2D eigenvalue weighted by Crippen LogP contribution is -2.40. The minimum Gasteiger partial charge on any atom is -0.469 e. The van der Waals surface area contributed by atoms with Crippen LogP contribution in [-0.4, -0.2) is 73.5 Å². The van der Waals surface area contributed by atoms with E-state index in [2.05, 4.69) is 30.1 Å². The number of nitrogens with one attached hydrogen (secondary N) is 1. The lowest BCUT2D eigenvalue weighted by molar-refractivity contribution is -0.140. The number of hydrogen-bond donors (Lipinski definition) is 1. The molecular weight excluding hydrogens is 542 g/mol. The molecule has 2 aromatic heterocycles. The highest BCUT2D eigenvalue weighted by molar-refractivity contribution is 7.92. The standard InChI is InChI=1S/C26H33N5O6S2/c1-16(2)24-29-25(37-30-24)31-11-7-19(8-12-31)36-26-28-20-5-4-17(14-21(20)38-26)18-6-10-27-22(15-18)39(33,34)13-9-23(32)35-3/h4-5,14-16,19,22,27H,6-13H2,1-3H3. The molecule has 11 nitrogen and oxygen atoms in total. The summed E-state index contributed by atoms with van der Waals surface area (Å²) in [5, 5.41) is 6.89. The van der Waals surface area contributed by atoms with Crippen LogP contribution in [0.2, 0.25) is 0 Å². The summed E-state index contributed by atoms with van der Waals surface area (Å²) >= 11 is 1.49. The van der Waals surface area contributed by atoms with Crippen LogP contribution in [0.15, 0.2) is 28.8 Å². The molecule has 1 aromatic carbocycles. The van der Waals surface area contributed by atoms with Gasteiger partial charge in [0.05, 0.1) is 29.5 Å². The number of sulfone groups is 1. The van der Waals surface area contributed by atoms with Crippen LogP contribution >= 0.6 is 11.3 Å². The number of rotatable bonds is 9. The fourth-order valence-corrected chi connectivity index (χ4v) is 7.02. The number of piperidine rings is 1. The third-order valence-corrected chi connectivity index (χ3v) is 9.72. The first-order valence-corrected chi connectivity index (χ1v) is 15.6. The number of benzene rings is 1. The number of carbonyl (C=O) groups excluding carboxylic acids is 1. The van der Waals surface area contributed by atoms with Crippen LogP contribution in [0, 0.1) is 0 Å². The van der Waals surface area contributed by atoms with Crippen molar-refractivity contribution in [1.29, 1.82) is 0 Å². The molecule has 0 aliphatic carbocycles. The van der Waals surface area contributed by atoms with Crippen LogP contribution in [0.1, 0.15) is 56.8 Å². The maximum Gasteiger partial charge on any atom is 0.324 e. The molecule has 0 amide bonds. The predicted octanol–water partition coefficient (Wildman–Crippen LogP) is 3.53. The molecule has 4 heterocycles. The number of hydrogen-bond acceptors (Lipinski definition) is 12. The van der Waals surface area contributed by atoms with Gasteiger partial charge in [-0.2, -0.15) is 4.98 Å². The van der Waals surface area contributed by atoms with Crippen LogP contribution in [-0.2, 0) is 19.4 Å². The largest absolute Gasteiger partial charge is 0.469 e. The second-order valence-electron chi connectivity index (χ2n) is 10.1. The van der Waals surface area contributed by atoms with Crippen molar-refractivity contribution < 1.29 is 27.2 Å². The van der Waals surface area contributed by atoms with Crippen LogP contribution < -0.4 is 15.0 Å². The van der Waals surface area contributed by atoms with Crippen LogP contribution in [0.3, 0.4) is 0 Å². The van der Waals surface area contributed by atoms with Gasteiger partial charge in [0.15, 0.2) is 15.7 Å². The van der Waals surface area contributed by atoms with E-state index in [0.29, 0.717) is 30.0 Å². The summed E-state index contributed by atoms with van der Waals surface area (Å²) < 4.78 is 42.8. The maximum absolute atomic E-state index is 12.8. The van der Waals surface area contributed by atoms with Crippen molar-refractivity contribution >= 4 is 48.9 Å². The Kier molecular flexibility index (Phi) is 8.19. The van der Waals surface area contributed by atoms with E-state index < -0.39 is 21.2 Å². The summed E-state index contributed by atoms with van der Waals surface area (Å²) in [5.41, 5.74) is 2.76. The third kappa shape index (κ3) is 6.42. The molecule has 2 aliphatic rings. The van der Waals surface area contributed by atoms with Crippen molar-refractivity contribution in [2.24, 2.45) is 0 Å². The maximum atomic E-state index is 12.8. The van der Waals surface area contributed by atoms with Gasteiger partial charge in [0.2, 0.25) is 0 Å². The van der Waals surface area contributed by atoms with Crippen molar-refractivity contribution in [3.63, 3.8) is 0 Å². The van der Waals surface area contributed by atoms with Crippen molar-refractivity contribution in [1.82, 2.24) is 20.4 Å². The lowest BCUT2D eigenvalue weighted by Gasteiger charge is -2.29. The number of thiazole rings is 1. The quantitative estimate of drug-likeness (QED) is 0.375. The summed E-state index contributed by atoms with van der Waals surface area (Å²) in [6.45, 7) is 6.15. The van der Waals surface area contributed by atoms with E-state index in [1.54, 1.807) is 6.08 Å². The van der Waals surface area contributed by atoms with E-state index in [1.165, 1.54) is 18.4 Å². The molecule has 0 radical (unpaired) electrons. The van der Waals surface area contributed by atoms with Gasteiger partial charge in [0, 0.05) is 38.4 Å². The summed E-state index contributed by atoms with van der Waals surface area (Å²) in [5.74, 6) is 0.141. The Hall–Kier alpha value is -3.03. The number of fused-ring (bicyclic) bond motifs is 1. The van der Waals surface area contributed by atoms with Gasteiger partial charge in [-0.25, -0.2) is 13.4 Å². The van der Waals surface area contributed by atoms with Gasteiger partial charge in [-0.3, -0.25) is 10.1 Å². The van der Waals surface area contributed by atoms with Crippen LogP contribution in [0.25, 0.3) is 15.8 Å². The molecule has 0 saturated carbocycles. The Morgan fingerprint density at radius 2 is 2.05 bits per heavy atom. The molecule has 39 heavy (non-hydrogen) atoms. The van der Waals surface area contributed by atoms with E-state index in [1.807, 2.05) is 32.0 Å². The Labute approximate surface area is 231 Å². The summed E-state index contributed by atoms with van der Waals surface area (Å²) in [6, 6.07) is 6.52. The molecule has 5 rings (SSSR count). The van der Waals surface area contributed by atoms with E-state index >= 15 is 0 Å². The van der Waals surface area contributed by atoms with Gasteiger partial charge in [0.25, 0.3) is 5.19 Å². The Balaban J connectivity index is 1.22. The molecule has 2 aliphatic heterocycles. The molecule has 0 bridgehead atoms. The molecule has 3 aromatic rings. The number of anilines is 1. The first-order valence-electron chi connectivity index (χ1n) is 13.1. The number of carbonyl (C=O) groups is 1. The topological polar surface area (TPSA) is 137 Å². The van der Waals surface area contributed by atoms with E-state index in [4.69, 9.17) is 9.26 Å². The fourth-order valence-electron chi connectivity index (χ4n) is 4.65. The number of ether oxygens (including phenoxy) is 2. The molecule has 1 N–H and O–H groups in total. The number of nitrogens with zero attached hydrogens (tertiary/aromatic N) is 4. The predicted molar refractivity (Wildman–Crippen MR) is 149 cm³/mol. The Morgan fingerprint density at radius 3 is 2.77 bits per heavy atom. The minimum atomic E-state index is -3.54. The van der Waals surface area contributed by atoms with Crippen molar-refractivity contribution in [2.75, 3.05) is 37.4 Å². The number of esters is 1. The zero-order valence-electron chi connectivity index (χ0n) is 22.3. The Morgan fingerprint density at radius 1 is 1.26 bits per heavy atom. The lowest BCUT2D eigenvalue weighted by atomic mass is 10.0. The summed E-state index contributed by atoms with van der Waals surface area (Å²) in [6.07, 6.45) is 3.99. The smallest absolute Gasteiger partial charge is 0.324 e. The zero-order valence-corrected chi connectivity index (χ0v) is 23.9. The first kappa shape index (κ1) is 27.5. The average molecular weight is 576 g/mol. The summed E-state index contributed by atoms with van der Waals surface area (Å²) in [7, 11) is -2.29. The molecule has 0 spiro atoms. The van der Waals surface area contributed by atoms with Gasteiger partial charge in [-0.15, -0.1) is 0 Å². The highest BCUT2D eigenvalue weighted by Gasteiger charge is 2.28. The molecule has 13 heteroatoms. The van der Waals surface area contributed by atoms with Gasteiger partial charge in [-0.1, -0.05) is 36.4 Å². The number of aromatic nitrogens is 3. The van der Waals surface area contributed by atoms with E-state index in [9.17, 15) is 13.2 Å².